The molecule has 2 aliphatic rings. The summed E-state index contributed by atoms with van der Waals surface area (Å²) in [5, 5.41) is 7.07. The van der Waals surface area contributed by atoms with Crippen molar-refractivity contribution in [1.29, 1.82) is 0 Å². The van der Waals surface area contributed by atoms with E-state index >= 15 is 0 Å². The Bertz CT molecular complexity index is 432. The van der Waals surface area contributed by atoms with Crippen LogP contribution in [0.3, 0.4) is 0 Å². The van der Waals surface area contributed by atoms with E-state index in [2.05, 4.69) is 29.5 Å². The number of likely N-dealkylation sites (N-methyl/N-ethyl adjacent to an activating group) is 1. The van der Waals surface area contributed by atoms with Crippen molar-refractivity contribution in [3.63, 3.8) is 0 Å². The third kappa shape index (κ3) is 6.30. The fourth-order valence-corrected chi connectivity index (χ4v) is 3.19. The normalized spacial score (nSPS) is 22.9. The van der Waals surface area contributed by atoms with E-state index in [1.165, 1.54) is 12.8 Å². The summed E-state index contributed by atoms with van der Waals surface area (Å²) in [5.41, 5.74) is 0.449. The predicted molar refractivity (Wildman–Crippen MR) is 97.1 cm³/mol. The first-order chi connectivity index (χ1) is 11.4. The van der Waals surface area contributed by atoms with Gasteiger partial charge in [0.15, 0.2) is 5.96 Å². The monoisotopic (exact) mass is 338 g/mol. The number of amides is 1. The molecule has 1 amide bonds. The van der Waals surface area contributed by atoms with Gasteiger partial charge in [0.05, 0.1) is 0 Å². The summed E-state index contributed by atoms with van der Waals surface area (Å²) in [6, 6.07) is 0.818. The van der Waals surface area contributed by atoms with E-state index in [0.29, 0.717) is 17.5 Å². The van der Waals surface area contributed by atoms with Crippen LogP contribution in [-0.4, -0.2) is 62.7 Å². The number of carbonyl (C=O) groups excluding carboxylic acids is 1. The Balaban J connectivity index is 1.93. The van der Waals surface area contributed by atoms with Gasteiger partial charge in [-0.2, -0.15) is 0 Å². The lowest BCUT2D eigenvalue weighted by Gasteiger charge is -2.36. The average Bonchev–Trinajstić information content (AvgIpc) is 2.55. The highest BCUT2D eigenvalue weighted by molar-refractivity contribution is 5.85. The largest absolute Gasteiger partial charge is 0.381 e. The van der Waals surface area contributed by atoms with Crippen molar-refractivity contribution in [1.82, 2.24) is 15.5 Å². The molecule has 0 aromatic heterocycles. The second kappa shape index (κ2) is 8.70. The summed E-state index contributed by atoms with van der Waals surface area (Å²) in [5.74, 6) is 0.801. The lowest BCUT2D eigenvalue weighted by molar-refractivity contribution is -0.127. The third-order valence-corrected chi connectivity index (χ3v) is 5.11. The van der Waals surface area contributed by atoms with Crippen LogP contribution < -0.4 is 10.6 Å². The first kappa shape index (κ1) is 19.0. The van der Waals surface area contributed by atoms with Gasteiger partial charge in [0.2, 0.25) is 5.91 Å². The van der Waals surface area contributed by atoms with Crippen LogP contribution in [-0.2, 0) is 9.53 Å². The van der Waals surface area contributed by atoms with E-state index in [-0.39, 0.29) is 12.5 Å². The third-order valence-electron chi connectivity index (χ3n) is 5.11. The highest BCUT2D eigenvalue weighted by Crippen LogP contribution is 2.34. The second-order valence-corrected chi connectivity index (χ2v) is 8.07. The van der Waals surface area contributed by atoms with Crippen molar-refractivity contribution >= 4 is 11.9 Å². The summed E-state index contributed by atoms with van der Waals surface area (Å²) >= 11 is 0. The van der Waals surface area contributed by atoms with Crippen LogP contribution in [0, 0.1) is 5.41 Å². The van der Waals surface area contributed by atoms with Crippen LogP contribution in [0.15, 0.2) is 4.99 Å². The van der Waals surface area contributed by atoms with Crippen molar-refractivity contribution in [2.45, 2.75) is 64.5 Å². The smallest absolute Gasteiger partial charge is 0.243 e. The van der Waals surface area contributed by atoms with E-state index in [4.69, 9.17) is 4.74 Å². The average molecular weight is 338 g/mol. The number of hydrogen-bond donors (Lipinski definition) is 2. The molecular formula is C18H34N4O2. The number of nitrogens with one attached hydrogen (secondary N) is 2. The maximum atomic E-state index is 11.9. The molecule has 0 radical (unpaired) electrons. The van der Waals surface area contributed by atoms with Crippen LogP contribution in [0.5, 0.6) is 0 Å². The lowest BCUT2D eigenvalue weighted by Crippen LogP contribution is -2.50. The SMILES string of the molecule is CN(C)C(=O)CN=C(NC1CCOCC1)NC1CCC(C)(C)CC1. The summed E-state index contributed by atoms with van der Waals surface area (Å²) in [6.07, 6.45) is 6.74. The Hall–Kier alpha value is -1.30. The molecule has 1 aliphatic carbocycles. The molecule has 2 fully saturated rings. The minimum Gasteiger partial charge on any atom is -0.381 e. The number of ether oxygens (including phenoxy) is 1. The van der Waals surface area contributed by atoms with E-state index in [0.717, 1.165) is 44.9 Å². The van der Waals surface area contributed by atoms with Gasteiger partial charge in [-0.3, -0.25) is 4.79 Å². The van der Waals surface area contributed by atoms with E-state index in [1.807, 2.05) is 0 Å². The van der Waals surface area contributed by atoms with Gasteiger partial charge in [0, 0.05) is 39.4 Å². The maximum absolute atomic E-state index is 11.9. The highest BCUT2D eigenvalue weighted by Gasteiger charge is 2.27. The molecule has 138 valence electrons. The Kier molecular flexibility index (Phi) is 6.90. The summed E-state index contributed by atoms with van der Waals surface area (Å²) in [6.45, 7) is 6.45. The summed E-state index contributed by atoms with van der Waals surface area (Å²) in [7, 11) is 3.53. The van der Waals surface area contributed by atoms with Gasteiger partial charge in [-0.15, -0.1) is 0 Å². The van der Waals surface area contributed by atoms with Crippen molar-refractivity contribution in [2.75, 3.05) is 33.9 Å². The molecule has 0 atom stereocenters. The van der Waals surface area contributed by atoms with Gasteiger partial charge in [-0.1, -0.05) is 13.8 Å². The number of hydrogen-bond acceptors (Lipinski definition) is 3. The fourth-order valence-electron chi connectivity index (χ4n) is 3.19. The topological polar surface area (TPSA) is 66.0 Å². The molecule has 6 heteroatoms. The lowest BCUT2D eigenvalue weighted by atomic mass is 9.75. The van der Waals surface area contributed by atoms with Gasteiger partial charge in [0.1, 0.15) is 6.54 Å². The fraction of sp³-hybridized carbons (Fsp3) is 0.889. The zero-order valence-electron chi connectivity index (χ0n) is 15.7. The van der Waals surface area contributed by atoms with Gasteiger partial charge in [-0.05, 0) is 43.9 Å². The molecule has 24 heavy (non-hydrogen) atoms. The Morgan fingerprint density at radius 1 is 1.08 bits per heavy atom. The summed E-state index contributed by atoms with van der Waals surface area (Å²) < 4.78 is 5.42. The van der Waals surface area contributed by atoms with E-state index in [9.17, 15) is 4.79 Å². The second-order valence-electron chi connectivity index (χ2n) is 8.07. The first-order valence-electron chi connectivity index (χ1n) is 9.21. The zero-order valence-corrected chi connectivity index (χ0v) is 15.7. The summed E-state index contributed by atoms with van der Waals surface area (Å²) in [4.78, 5) is 18.0. The van der Waals surface area contributed by atoms with Crippen LogP contribution in [0.2, 0.25) is 0 Å². The number of aliphatic imine (C=N–C) groups is 1. The van der Waals surface area contributed by atoms with Gasteiger partial charge < -0.3 is 20.3 Å². The predicted octanol–water partition coefficient (Wildman–Crippen LogP) is 1.76. The Morgan fingerprint density at radius 2 is 1.62 bits per heavy atom. The van der Waals surface area contributed by atoms with Crippen LogP contribution in [0.25, 0.3) is 0 Å². The molecule has 0 bridgehead atoms. The minimum absolute atomic E-state index is 0.0212. The minimum atomic E-state index is 0.0212. The number of guanidine groups is 1. The number of carbonyl (C=O) groups is 1. The van der Waals surface area contributed by atoms with Crippen LogP contribution >= 0.6 is 0 Å². The number of rotatable bonds is 4. The Labute approximate surface area is 146 Å². The van der Waals surface area contributed by atoms with Gasteiger partial charge >= 0.3 is 0 Å². The molecule has 0 spiro atoms. The van der Waals surface area contributed by atoms with Gasteiger partial charge in [-0.25, -0.2) is 4.99 Å². The molecule has 2 rings (SSSR count). The van der Waals surface area contributed by atoms with Crippen LogP contribution in [0.4, 0.5) is 0 Å². The van der Waals surface area contributed by atoms with Crippen molar-refractivity contribution in [3.8, 4) is 0 Å². The Morgan fingerprint density at radius 3 is 2.17 bits per heavy atom. The molecule has 1 saturated heterocycles. The molecule has 6 nitrogen and oxygen atoms in total. The van der Waals surface area contributed by atoms with Crippen molar-refractivity contribution in [2.24, 2.45) is 10.4 Å². The molecule has 1 saturated carbocycles. The molecule has 1 aliphatic heterocycles. The standard InChI is InChI=1S/C18H34N4O2/c1-18(2)9-5-14(6-10-18)20-17(19-13-16(23)22(3)4)21-15-7-11-24-12-8-15/h14-15H,5-13H2,1-4H3,(H2,19,20,21). The van der Waals surface area contributed by atoms with E-state index in [1.54, 1.807) is 19.0 Å². The van der Waals surface area contributed by atoms with E-state index < -0.39 is 0 Å². The molecular weight excluding hydrogens is 304 g/mol. The molecule has 2 N–H and O–H groups in total. The molecule has 0 aromatic rings. The highest BCUT2D eigenvalue weighted by atomic mass is 16.5. The first-order valence-corrected chi connectivity index (χ1v) is 9.21. The van der Waals surface area contributed by atoms with Crippen molar-refractivity contribution in [3.05, 3.63) is 0 Å². The number of nitrogens with zero attached hydrogens (tertiary/aromatic N) is 2. The van der Waals surface area contributed by atoms with Crippen LogP contribution in [0.1, 0.15) is 52.4 Å². The van der Waals surface area contributed by atoms with Crippen molar-refractivity contribution < 1.29 is 9.53 Å². The van der Waals surface area contributed by atoms with Gasteiger partial charge in [0.25, 0.3) is 0 Å². The zero-order chi connectivity index (χ0) is 17.6. The maximum Gasteiger partial charge on any atom is 0.243 e. The molecule has 1 heterocycles. The molecule has 0 aromatic carbocycles. The quantitative estimate of drug-likeness (QED) is 0.605. The molecule has 0 unspecified atom stereocenters.